The number of nitrogens with one attached hydrogen (secondary N) is 1. The first-order chi connectivity index (χ1) is 14.2. The summed E-state index contributed by atoms with van der Waals surface area (Å²) in [5, 5.41) is 22.4. The van der Waals surface area contributed by atoms with Crippen LogP contribution in [0.3, 0.4) is 0 Å². The molecule has 1 saturated heterocycles. The lowest BCUT2D eigenvalue weighted by Crippen LogP contribution is -2.54. The van der Waals surface area contributed by atoms with Crippen LogP contribution < -0.4 is 15.6 Å². The van der Waals surface area contributed by atoms with Crippen LogP contribution in [0.15, 0.2) is 47.4 Å². The van der Waals surface area contributed by atoms with Gasteiger partial charge in [0.1, 0.15) is 17.1 Å². The second kappa shape index (κ2) is 8.56. The summed E-state index contributed by atoms with van der Waals surface area (Å²) in [6, 6.07) is 9.16. The zero-order chi connectivity index (χ0) is 21.6. The molecule has 2 atom stereocenters. The lowest BCUT2D eigenvalue weighted by Gasteiger charge is -2.38. The molecule has 2 heterocycles. The van der Waals surface area contributed by atoms with Crippen LogP contribution in [0.5, 0.6) is 5.75 Å². The van der Waals surface area contributed by atoms with Crippen LogP contribution in [0.4, 0.5) is 10.1 Å². The second-order valence-electron chi connectivity index (χ2n) is 7.76. The maximum Gasteiger partial charge on any atom is 0.341 e. The third-order valence-electron chi connectivity index (χ3n) is 5.33. The number of nitrogens with zero attached hydrogens (tertiary/aromatic N) is 2. The summed E-state index contributed by atoms with van der Waals surface area (Å²) >= 11 is 0. The third kappa shape index (κ3) is 4.22. The van der Waals surface area contributed by atoms with E-state index >= 15 is 4.39 Å². The highest BCUT2D eigenvalue weighted by Gasteiger charge is 2.25. The van der Waals surface area contributed by atoms with E-state index in [2.05, 4.69) is 5.32 Å². The lowest BCUT2D eigenvalue weighted by molar-refractivity contribution is 0.0695. The molecule has 0 saturated carbocycles. The Bertz CT molecular complexity index is 1190. The molecule has 0 amide bonds. The van der Waals surface area contributed by atoms with E-state index in [1.54, 1.807) is 18.2 Å². The van der Waals surface area contributed by atoms with Gasteiger partial charge in [0.25, 0.3) is 0 Å². The number of pyridine rings is 1. The van der Waals surface area contributed by atoms with E-state index in [4.69, 9.17) is 0 Å². The van der Waals surface area contributed by atoms with Crippen molar-refractivity contribution in [3.63, 3.8) is 0 Å². The number of benzene rings is 2. The van der Waals surface area contributed by atoms with Crippen molar-refractivity contribution in [1.82, 2.24) is 9.88 Å². The molecule has 2 aromatic carbocycles. The second-order valence-corrected chi connectivity index (χ2v) is 7.76. The summed E-state index contributed by atoms with van der Waals surface area (Å²) in [6.45, 7) is 5.24. The van der Waals surface area contributed by atoms with Crippen molar-refractivity contribution < 1.29 is 19.4 Å². The van der Waals surface area contributed by atoms with E-state index in [0.717, 1.165) is 6.07 Å². The maximum absolute atomic E-state index is 15.1. The zero-order valence-electron chi connectivity index (χ0n) is 17.0. The predicted molar refractivity (Wildman–Crippen MR) is 120 cm³/mol. The van der Waals surface area contributed by atoms with Crippen LogP contribution in [0.25, 0.3) is 16.6 Å². The first-order valence-corrected chi connectivity index (χ1v) is 9.67. The van der Waals surface area contributed by atoms with Gasteiger partial charge < -0.3 is 25.0 Å². The number of carboxylic acid groups (broad SMARTS) is 1. The number of piperazine rings is 1. The molecule has 0 unspecified atom stereocenters. The van der Waals surface area contributed by atoms with Gasteiger partial charge in [0, 0.05) is 42.4 Å². The topological polar surface area (TPSA) is 94.8 Å². The molecular formula is C22H23ClFN3O4. The molecule has 3 aromatic rings. The van der Waals surface area contributed by atoms with E-state index in [1.165, 1.54) is 22.9 Å². The van der Waals surface area contributed by atoms with Crippen molar-refractivity contribution in [3.05, 3.63) is 64.2 Å². The van der Waals surface area contributed by atoms with Gasteiger partial charge in [-0.1, -0.05) is 0 Å². The molecule has 0 radical (unpaired) electrons. The normalized spacial score (nSPS) is 18.6. The standard InChI is InChI=1S/C22H22FN3O4.ClH/c1-12-9-25(10-13(2)24-12)20-8-19-16(7-18(20)23)21(28)17(22(29)30)11-26(19)14-3-5-15(27)6-4-14;/h3-8,11-13,24,27H,9-10H2,1-2H3,(H,29,30);1H/t12-,13+;. The molecule has 1 fully saturated rings. The van der Waals surface area contributed by atoms with Gasteiger partial charge in [-0.25, -0.2) is 9.18 Å². The van der Waals surface area contributed by atoms with E-state index in [9.17, 15) is 19.8 Å². The largest absolute Gasteiger partial charge is 0.508 e. The summed E-state index contributed by atoms with van der Waals surface area (Å²) in [5.74, 6) is -1.90. The van der Waals surface area contributed by atoms with Crippen LogP contribution >= 0.6 is 12.4 Å². The molecule has 1 aliphatic heterocycles. The van der Waals surface area contributed by atoms with Crippen molar-refractivity contribution in [2.75, 3.05) is 18.0 Å². The Labute approximate surface area is 184 Å². The van der Waals surface area contributed by atoms with E-state index in [-0.39, 0.29) is 35.6 Å². The minimum atomic E-state index is -1.39. The number of aromatic carboxylic acids is 1. The van der Waals surface area contributed by atoms with Crippen molar-refractivity contribution in [1.29, 1.82) is 0 Å². The predicted octanol–water partition coefficient (Wildman–Crippen LogP) is 3.14. The Morgan fingerprint density at radius 1 is 1.13 bits per heavy atom. The zero-order valence-corrected chi connectivity index (χ0v) is 17.8. The monoisotopic (exact) mass is 447 g/mol. The van der Waals surface area contributed by atoms with Gasteiger partial charge in [0.2, 0.25) is 5.43 Å². The fraction of sp³-hybridized carbons (Fsp3) is 0.273. The number of phenolic OH excluding ortho intramolecular Hbond substituents is 1. The smallest absolute Gasteiger partial charge is 0.341 e. The number of halogens is 2. The summed E-state index contributed by atoms with van der Waals surface area (Å²) in [6.07, 6.45) is 1.24. The Kier molecular flexibility index (Phi) is 6.24. The number of carbonyl (C=O) groups is 1. The van der Waals surface area contributed by atoms with Gasteiger partial charge in [-0.2, -0.15) is 0 Å². The molecule has 0 aliphatic carbocycles. The van der Waals surface area contributed by atoms with Crippen molar-refractivity contribution in [3.8, 4) is 11.4 Å². The molecule has 3 N–H and O–H groups in total. The highest BCUT2D eigenvalue weighted by atomic mass is 35.5. The Morgan fingerprint density at radius 2 is 1.74 bits per heavy atom. The van der Waals surface area contributed by atoms with Gasteiger partial charge in [0.05, 0.1) is 11.2 Å². The Hall–Kier alpha value is -3.10. The van der Waals surface area contributed by atoms with Crippen LogP contribution in [0, 0.1) is 5.82 Å². The average molecular weight is 448 g/mol. The molecule has 0 bridgehead atoms. The Morgan fingerprint density at radius 3 is 2.32 bits per heavy atom. The van der Waals surface area contributed by atoms with Crippen LogP contribution in [0.1, 0.15) is 24.2 Å². The van der Waals surface area contributed by atoms with Gasteiger partial charge in [0.15, 0.2) is 0 Å². The molecule has 31 heavy (non-hydrogen) atoms. The third-order valence-corrected chi connectivity index (χ3v) is 5.33. The first-order valence-electron chi connectivity index (χ1n) is 9.67. The fourth-order valence-electron chi connectivity index (χ4n) is 4.08. The molecular weight excluding hydrogens is 425 g/mol. The minimum absolute atomic E-state index is 0. The number of hydrogen-bond acceptors (Lipinski definition) is 5. The number of aromatic hydroxyl groups is 1. The number of rotatable bonds is 3. The van der Waals surface area contributed by atoms with Gasteiger partial charge >= 0.3 is 5.97 Å². The number of aromatic nitrogens is 1. The summed E-state index contributed by atoms with van der Waals surface area (Å²) in [4.78, 5) is 26.3. The van der Waals surface area contributed by atoms with Crippen LogP contribution in [-0.2, 0) is 0 Å². The highest BCUT2D eigenvalue weighted by molar-refractivity contribution is 5.94. The van der Waals surface area contributed by atoms with Gasteiger partial charge in [-0.05, 0) is 50.2 Å². The van der Waals surface area contributed by atoms with E-state index in [1.807, 2.05) is 18.7 Å². The van der Waals surface area contributed by atoms with Crippen molar-refractivity contribution in [2.45, 2.75) is 25.9 Å². The number of hydrogen-bond donors (Lipinski definition) is 3. The highest BCUT2D eigenvalue weighted by Crippen LogP contribution is 2.28. The number of anilines is 1. The lowest BCUT2D eigenvalue weighted by atomic mass is 10.1. The molecule has 7 nitrogen and oxygen atoms in total. The van der Waals surface area contributed by atoms with E-state index < -0.39 is 22.8 Å². The van der Waals surface area contributed by atoms with E-state index in [0.29, 0.717) is 30.0 Å². The minimum Gasteiger partial charge on any atom is -0.508 e. The van der Waals surface area contributed by atoms with Crippen molar-refractivity contribution >= 4 is 35.0 Å². The molecule has 1 aromatic heterocycles. The van der Waals surface area contributed by atoms with Crippen molar-refractivity contribution in [2.24, 2.45) is 0 Å². The first kappa shape index (κ1) is 22.6. The molecule has 164 valence electrons. The van der Waals surface area contributed by atoms with Gasteiger partial charge in [-0.3, -0.25) is 4.79 Å². The summed E-state index contributed by atoms with van der Waals surface area (Å²) in [7, 11) is 0. The average Bonchev–Trinajstić information content (AvgIpc) is 2.68. The molecule has 0 spiro atoms. The van der Waals surface area contributed by atoms with Crippen LogP contribution in [-0.4, -0.2) is 45.9 Å². The maximum atomic E-state index is 15.1. The number of phenols is 1. The molecule has 1 aliphatic rings. The number of fused-ring (bicyclic) bond motifs is 1. The quantitative estimate of drug-likeness (QED) is 0.571. The molecule has 4 rings (SSSR count). The SMILES string of the molecule is C[C@@H]1CN(c2cc3c(cc2F)c(=O)c(C(=O)O)cn3-c2ccc(O)cc2)C[C@H](C)N1.Cl. The van der Waals surface area contributed by atoms with Crippen LogP contribution in [0.2, 0.25) is 0 Å². The molecule has 9 heteroatoms. The fourth-order valence-corrected chi connectivity index (χ4v) is 4.08. The summed E-state index contributed by atoms with van der Waals surface area (Å²) in [5.41, 5.74) is 0.107. The number of carboxylic acids is 1. The van der Waals surface area contributed by atoms with Gasteiger partial charge in [-0.15, -0.1) is 12.4 Å². The Balaban J connectivity index is 0.00000272. The summed E-state index contributed by atoms with van der Waals surface area (Å²) < 4.78 is 16.6.